The summed E-state index contributed by atoms with van der Waals surface area (Å²) in [5, 5.41) is 0.428. The van der Waals surface area contributed by atoms with Crippen LogP contribution in [0.5, 0.6) is 0 Å². The molecule has 26 heavy (non-hydrogen) atoms. The van der Waals surface area contributed by atoms with Crippen molar-refractivity contribution in [3.05, 3.63) is 53.4 Å². The summed E-state index contributed by atoms with van der Waals surface area (Å²) < 4.78 is 38.4. The molecule has 1 unspecified atom stereocenters. The zero-order valence-corrected chi connectivity index (χ0v) is 14.6. The van der Waals surface area contributed by atoms with E-state index in [-0.39, 0.29) is 5.92 Å². The quantitative estimate of drug-likeness (QED) is 0.702. The first-order chi connectivity index (χ1) is 12.5. The van der Waals surface area contributed by atoms with Crippen LogP contribution in [0.3, 0.4) is 0 Å². The smallest absolute Gasteiger partial charge is 0.347 e. The number of alkyl halides is 3. The Morgan fingerprint density at radius 2 is 1.92 bits per heavy atom. The molecule has 4 rings (SSSR count). The van der Waals surface area contributed by atoms with E-state index in [0.717, 1.165) is 36.1 Å². The van der Waals surface area contributed by atoms with Crippen LogP contribution in [0.25, 0.3) is 11.3 Å². The molecule has 1 N–H and O–H groups in total. The van der Waals surface area contributed by atoms with E-state index in [4.69, 9.17) is 0 Å². The summed E-state index contributed by atoms with van der Waals surface area (Å²) in [6.45, 7) is 1.33. The van der Waals surface area contributed by atoms with Crippen molar-refractivity contribution in [1.29, 1.82) is 0 Å². The summed E-state index contributed by atoms with van der Waals surface area (Å²) in [4.78, 5) is 13.1. The van der Waals surface area contributed by atoms with Gasteiger partial charge in [-0.1, -0.05) is 41.7 Å². The van der Waals surface area contributed by atoms with Gasteiger partial charge in [0.25, 0.3) is 0 Å². The lowest BCUT2D eigenvalue weighted by Gasteiger charge is -2.31. The normalized spacial score (nSPS) is 18.3. The Morgan fingerprint density at radius 1 is 1.12 bits per heavy atom. The molecule has 1 fully saturated rings. The number of anilines is 1. The molecular formula is C18H17F3N4S. The first kappa shape index (κ1) is 17.1. The highest BCUT2D eigenvalue weighted by Crippen LogP contribution is 2.38. The molecule has 1 aromatic carbocycles. The van der Waals surface area contributed by atoms with Crippen molar-refractivity contribution in [1.82, 2.24) is 15.0 Å². The maximum absolute atomic E-state index is 12.8. The minimum absolute atomic E-state index is 0.152. The summed E-state index contributed by atoms with van der Waals surface area (Å²) in [5.41, 5.74) is 2.01. The molecule has 8 heteroatoms. The highest BCUT2D eigenvalue weighted by atomic mass is 32.1. The van der Waals surface area contributed by atoms with Gasteiger partial charge in [0.05, 0.1) is 18.1 Å². The number of thiazole rings is 1. The van der Waals surface area contributed by atoms with E-state index in [9.17, 15) is 13.2 Å². The third-order valence-corrected chi connectivity index (χ3v) is 5.63. The molecule has 1 saturated heterocycles. The van der Waals surface area contributed by atoms with Gasteiger partial charge in [0, 0.05) is 19.0 Å². The van der Waals surface area contributed by atoms with Crippen molar-refractivity contribution in [2.75, 3.05) is 18.0 Å². The molecule has 2 aromatic heterocycles. The number of H-pyrrole nitrogens is 1. The summed E-state index contributed by atoms with van der Waals surface area (Å²) in [6.07, 6.45) is 0.248. The highest BCUT2D eigenvalue weighted by Gasteiger charge is 2.34. The van der Waals surface area contributed by atoms with Crippen LogP contribution >= 0.6 is 11.3 Å². The summed E-state index contributed by atoms with van der Waals surface area (Å²) in [7, 11) is 0. The average Bonchev–Trinajstić information content (AvgIpc) is 3.32. The zero-order chi connectivity index (χ0) is 18.1. The van der Waals surface area contributed by atoms with Crippen molar-refractivity contribution in [3.8, 4) is 11.3 Å². The lowest BCUT2D eigenvalue weighted by atomic mass is 9.98. The van der Waals surface area contributed by atoms with Gasteiger partial charge in [-0.05, 0) is 18.4 Å². The summed E-state index contributed by atoms with van der Waals surface area (Å²) in [6, 6.07) is 9.93. The van der Waals surface area contributed by atoms with Gasteiger partial charge < -0.3 is 9.88 Å². The number of aromatic nitrogens is 3. The number of nitrogens with one attached hydrogen (secondary N) is 1. The topological polar surface area (TPSA) is 44.8 Å². The van der Waals surface area contributed by atoms with Gasteiger partial charge in [0.1, 0.15) is 10.7 Å². The van der Waals surface area contributed by atoms with Crippen LogP contribution < -0.4 is 4.90 Å². The van der Waals surface area contributed by atoms with E-state index in [0.29, 0.717) is 29.6 Å². The van der Waals surface area contributed by atoms with Gasteiger partial charge >= 0.3 is 6.18 Å². The number of piperidine rings is 1. The molecule has 0 bridgehead atoms. The predicted molar refractivity (Wildman–Crippen MR) is 95.3 cm³/mol. The fourth-order valence-electron chi connectivity index (χ4n) is 3.22. The molecule has 0 spiro atoms. The highest BCUT2D eigenvalue weighted by molar-refractivity contribution is 7.15. The van der Waals surface area contributed by atoms with E-state index < -0.39 is 11.1 Å². The Hall–Kier alpha value is -2.35. The van der Waals surface area contributed by atoms with Crippen molar-refractivity contribution >= 4 is 16.5 Å². The molecule has 3 aromatic rings. The summed E-state index contributed by atoms with van der Waals surface area (Å²) >= 11 is 0.705. The van der Waals surface area contributed by atoms with Crippen molar-refractivity contribution in [2.24, 2.45) is 0 Å². The molecule has 0 radical (unpaired) electrons. The largest absolute Gasteiger partial charge is 0.427 e. The predicted octanol–water partition coefficient (Wildman–Crippen LogP) is 4.94. The van der Waals surface area contributed by atoms with Crippen molar-refractivity contribution < 1.29 is 13.2 Å². The number of hydrogen-bond donors (Lipinski definition) is 1. The number of rotatable bonds is 3. The van der Waals surface area contributed by atoms with Crippen LogP contribution in [0, 0.1) is 0 Å². The molecule has 0 amide bonds. The van der Waals surface area contributed by atoms with E-state index in [2.05, 4.69) is 15.0 Å². The first-order valence-electron chi connectivity index (χ1n) is 8.39. The van der Waals surface area contributed by atoms with Crippen LogP contribution in [0.15, 0.2) is 42.7 Å². The maximum Gasteiger partial charge on any atom is 0.427 e. The molecule has 136 valence electrons. The number of imidazole rings is 1. The average molecular weight is 378 g/mol. The monoisotopic (exact) mass is 378 g/mol. The minimum Gasteiger partial charge on any atom is -0.347 e. The number of aromatic amines is 1. The Morgan fingerprint density at radius 3 is 2.65 bits per heavy atom. The van der Waals surface area contributed by atoms with Crippen LogP contribution in [-0.4, -0.2) is 28.0 Å². The Bertz CT molecular complexity index is 872. The lowest BCUT2D eigenvalue weighted by molar-refractivity contribution is -0.134. The molecule has 1 atom stereocenters. The second-order valence-electron chi connectivity index (χ2n) is 6.34. The maximum atomic E-state index is 12.8. The Balaban J connectivity index is 1.51. The second kappa shape index (κ2) is 6.75. The van der Waals surface area contributed by atoms with E-state index in [1.807, 2.05) is 41.4 Å². The molecule has 4 nitrogen and oxygen atoms in total. The Kier molecular flexibility index (Phi) is 4.44. The van der Waals surface area contributed by atoms with E-state index >= 15 is 0 Å². The van der Waals surface area contributed by atoms with Gasteiger partial charge in [-0.15, -0.1) is 0 Å². The van der Waals surface area contributed by atoms with Crippen molar-refractivity contribution in [2.45, 2.75) is 24.9 Å². The second-order valence-corrected chi connectivity index (χ2v) is 7.35. The minimum atomic E-state index is -4.34. The van der Waals surface area contributed by atoms with Crippen LogP contribution in [-0.2, 0) is 6.18 Å². The third-order valence-electron chi connectivity index (χ3n) is 4.53. The first-order valence-corrected chi connectivity index (χ1v) is 9.20. The van der Waals surface area contributed by atoms with Crippen LogP contribution in [0.1, 0.15) is 29.5 Å². The van der Waals surface area contributed by atoms with E-state index in [1.165, 1.54) is 0 Å². The van der Waals surface area contributed by atoms with Gasteiger partial charge in [0.15, 0.2) is 5.13 Å². The SMILES string of the molecule is FC(F)(F)c1cnc(N2CCCC(c3ncc(-c4ccccc4)[nH]3)C2)s1. The van der Waals surface area contributed by atoms with Crippen LogP contribution in [0.2, 0.25) is 0 Å². The lowest BCUT2D eigenvalue weighted by Crippen LogP contribution is -2.34. The standard InChI is InChI=1S/C18H17F3N4S/c19-18(20,21)15-10-23-17(26-15)25-8-4-7-13(11-25)16-22-9-14(24-16)12-5-2-1-3-6-12/h1-3,5-6,9-10,13H,4,7-8,11H2,(H,22,24). The van der Waals surface area contributed by atoms with Gasteiger partial charge in [-0.2, -0.15) is 13.2 Å². The zero-order valence-electron chi connectivity index (χ0n) is 13.8. The number of nitrogens with zero attached hydrogens (tertiary/aromatic N) is 3. The molecule has 0 saturated carbocycles. The number of halogens is 3. The molecule has 1 aliphatic heterocycles. The van der Waals surface area contributed by atoms with Crippen LogP contribution in [0.4, 0.5) is 18.3 Å². The van der Waals surface area contributed by atoms with Crippen molar-refractivity contribution in [3.63, 3.8) is 0 Å². The van der Waals surface area contributed by atoms with Gasteiger partial charge in [-0.3, -0.25) is 0 Å². The molecule has 3 heterocycles. The molecule has 0 aliphatic carbocycles. The number of benzene rings is 1. The third kappa shape index (κ3) is 3.46. The van der Waals surface area contributed by atoms with E-state index in [1.54, 1.807) is 0 Å². The summed E-state index contributed by atoms with van der Waals surface area (Å²) in [5.74, 6) is 1.03. The van der Waals surface area contributed by atoms with Gasteiger partial charge in [-0.25, -0.2) is 9.97 Å². The fraction of sp³-hybridized carbons (Fsp3) is 0.333. The number of hydrogen-bond acceptors (Lipinski definition) is 4. The fourth-order valence-corrected chi connectivity index (χ4v) is 4.04. The molecular weight excluding hydrogens is 361 g/mol. The Labute approximate surface area is 152 Å². The van der Waals surface area contributed by atoms with Gasteiger partial charge in [0.2, 0.25) is 0 Å². The molecule has 1 aliphatic rings.